The van der Waals surface area contributed by atoms with Crippen LogP contribution in [0.4, 0.5) is 39.9 Å². The predicted octanol–water partition coefficient (Wildman–Crippen LogP) is 10.4. The third kappa shape index (κ3) is 18.6. The van der Waals surface area contributed by atoms with Crippen molar-refractivity contribution in [3.8, 4) is 11.8 Å². The number of aromatic nitrogens is 4. The van der Waals surface area contributed by atoms with Crippen molar-refractivity contribution in [2.24, 2.45) is 33.3 Å². The second-order valence-electron chi connectivity index (χ2n) is 23.5. The molecule has 0 spiro atoms. The Labute approximate surface area is 519 Å². The number of rotatable bonds is 20. The van der Waals surface area contributed by atoms with E-state index < -0.39 is 101 Å². The van der Waals surface area contributed by atoms with Gasteiger partial charge in [0.25, 0.3) is 0 Å². The molecule has 6 N–H and O–H groups in total. The Bertz CT molecular complexity index is 3280. The van der Waals surface area contributed by atoms with Crippen molar-refractivity contribution < 1.29 is 83.1 Å². The maximum atomic E-state index is 15.7. The van der Waals surface area contributed by atoms with Crippen LogP contribution in [-0.2, 0) is 43.0 Å². The maximum Gasteiger partial charge on any atom is 0.418 e. The Kier molecular flexibility index (Phi) is 23.4. The van der Waals surface area contributed by atoms with E-state index in [1.165, 1.54) is 60.0 Å². The summed E-state index contributed by atoms with van der Waals surface area (Å²) in [4.78, 5) is 91.4. The zero-order valence-corrected chi connectivity index (χ0v) is 52.6. The summed E-state index contributed by atoms with van der Waals surface area (Å²) < 4.78 is 120. The number of hydrogen-bond acceptors (Lipinski definition) is 19. The fourth-order valence-electron chi connectivity index (χ4n) is 9.61. The van der Waals surface area contributed by atoms with Crippen LogP contribution in [0.15, 0.2) is 71.2 Å². The van der Waals surface area contributed by atoms with Crippen LogP contribution in [0.25, 0.3) is 0 Å². The summed E-state index contributed by atoms with van der Waals surface area (Å²) in [6, 6.07) is 9.25. The lowest BCUT2D eigenvalue weighted by molar-refractivity contribution is -0.138. The topological polar surface area (TPSA) is 286 Å². The van der Waals surface area contributed by atoms with Crippen molar-refractivity contribution in [3.05, 3.63) is 106 Å². The number of carboxylic acids is 1. The number of alkyl halides is 6. The van der Waals surface area contributed by atoms with Gasteiger partial charge in [0.2, 0.25) is 17.7 Å². The number of Topliss-reactive ketones (excluding diaryl/α,β-unsaturated/α-hetero) is 2. The monoisotopic (exact) mass is 1310 g/mol. The fourth-order valence-corrected chi connectivity index (χ4v) is 13.3. The number of amidine groups is 2. The zero-order valence-electron chi connectivity index (χ0n) is 50.0. The number of halogens is 8. The summed E-state index contributed by atoms with van der Waals surface area (Å²) in [5.41, 5.74) is 8.03. The first-order valence-corrected chi connectivity index (χ1v) is 33.0. The molecule has 89 heavy (non-hydrogen) atoms. The van der Waals surface area contributed by atoms with E-state index in [1.54, 1.807) is 47.6 Å². The molecule has 31 heteroatoms. The molecule has 0 unspecified atom stereocenters. The number of ether oxygens (including phenoxy) is 4. The van der Waals surface area contributed by atoms with E-state index in [4.69, 9.17) is 29.7 Å². The van der Waals surface area contributed by atoms with Gasteiger partial charge in [0.15, 0.2) is 21.9 Å². The highest BCUT2D eigenvalue weighted by Crippen LogP contribution is 2.67. The van der Waals surface area contributed by atoms with E-state index in [0.29, 0.717) is 36.8 Å². The van der Waals surface area contributed by atoms with Crippen LogP contribution in [-0.4, -0.2) is 145 Å². The average molecular weight is 1320 g/mol. The molecule has 2 fully saturated rings. The molecular weight excluding hydrogens is 1240 g/mol. The Hall–Kier alpha value is -6.83. The first-order chi connectivity index (χ1) is 40.8. The van der Waals surface area contributed by atoms with Gasteiger partial charge in [0.1, 0.15) is 51.4 Å². The van der Waals surface area contributed by atoms with Crippen LogP contribution < -0.4 is 26.3 Å². The number of ketones is 2. The van der Waals surface area contributed by atoms with Gasteiger partial charge in [0.05, 0.1) is 55.6 Å². The molecule has 488 valence electrons. The minimum absolute atomic E-state index is 0. The number of aliphatic imine (C=N–C) groups is 2. The lowest BCUT2D eigenvalue weighted by atomic mass is 9.84. The molecule has 2 aliphatic carbocycles. The molecule has 2 aromatic heterocycles. The van der Waals surface area contributed by atoms with Crippen molar-refractivity contribution in [1.82, 2.24) is 30.2 Å². The fraction of sp³-hybridized carbons (Fsp3) is 0.534. The van der Waals surface area contributed by atoms with Gasteiger partial charge in [-0.15, -0.1) is 0 Å². The molecule has 8 rings (SSSR count). The number of amides is 2. The van der Waals surface area contributed by atoms with Gasteiger partial charge in [-0.1, -0.05) is 62.7 Å². The van der Waals surface area contributed by atoms with Gasteiger partial charge in [0, 0.05) is 50.5 Å². The highest BCUT2D eigenvalue weighted by molar-refractivity contribution is 8.16. The molecule has 4 heterocycles. The van der Waals surface area contributed by atoms with Crippen molar-refractivity contribution >= 4 is 71.5 Å². The molecule has 0 radical (unpaired) electrons. The van der Waals surface area contributed by atoms with Gasteiger partial charge >= 0.3 is 24.4 Å². The molecule has 4 aromatic rings. The number of carboxylic acid groups (broad SMARTS) is 1. The van der Waals surface area contributed by atoms with Crippen molar-refractivity contribution in [2.45, 2.75) is 146 Å². The number of nitrogens with one attached hydrogen (secondary N) is 1. The first kappa shape index (κ1) is 72.9. The number of fused-ring (bicyclic) bond motifs is 2. The van der Waals surface area contributed by atoms with E-state index in [2.05, 4.69) is 50.3 Å². The summed E-state index contributed by atoms with van der Waals surface area (Å²) in [6.45, 7) is 17.0. The van der Waals surface area contributed by atoms with Crippen molar-refractivity contribution in [1.29, 1.82) is 0 Å². The third-order valence-corrected chi connectivity index (χ3v) is 18.7. The minimum Gasteiger partial charge on any atom is -0.480 e. The smallest absolute Gasteiger partial charge is 0.418 e. The van der Waals surface area contributed by atoms with E-state index in [0.717, 1.165) is 29.6 Å². The van der Waals surface area contributed by atoms with E-state index >= 15 is 8.78 Å². The van der Waals surface area contributed by atoms with Gasteiger partial charge in [-0.25, -0.2) is 38.4 Å². The van der Waals surface area contributed by atoms with Gasteiger partial charge in [-0.05, 0) is 103 Å². The standard InChI is InChI=1S/C32H43FN4O7SSi.C23H23F4N5O3S.C2H4F3N.CH4/c1-9-43-26-18-34-23(17-35-26)24(38)15-20-10-11-22(33)21(14-20)31(5)25-16-32(25,27(39)40)45-28(36-31)37(29(41)44-30(2,3)4)19-42-12-13-46(6,7)8;1-3-35-18-10-29-15(9-30-18)16(33)7-12-4-5-14(24)13(6-12)21(2)17-8-22(17,36-20(28)32-21)19(34)31-11-23(25,26)27;3-2(4,5)1-6;/h10-11,14,17-18,25H,9,12-13,15-16,19H2,1-8H3,(H,39,40);4-6,9-10,17H,3,7-8,11H2,1-2H3,(H2,28,32)(H,31,34);1,6H2;1H4/t25-,31+,32-;17-,21+,22-;;/m00../s1. The minimum atomic E-state index is -4.57. The Balaban J connectivity index is 0.000000300. The summed E-state index contributed by atoms with van der Waals surface area (Å²) in [6.07, 6.45) is -3.99. The summed E-state index contributed by atoms with van der Waals surface area (Å²) in [5.74, 6) is -4.40. The number of nitrogens with zero attached hydrogens (tertiary/aromatic N) is 7. The predicted molar refractivity (Wildman–Crippen MR) is 321 cm³/mol. The second-order valence-corrected chi connectivity index (χ2v) is 31.8. The molecule has 2 amide bonds. The molecule has 20 nitrogen and oxygen atoms in total. The molecule has 2 saturated carbocycles. The van der Waals surface area contributed by atoms with Gasteiger partial charge < -0.3 is 40.8 Å². The van der Waals surface area contributed by atoms with Crippen molar-refractivity contribution in [2.75, 3.05) is 39.6 Å². The van der Waals surface area contributed by atoms with Crippen LogP contribution >= 0.6 is 23.5 Å². The number of nitrogens with two attached hydrogens (primary N) is 2. The zero-order chi connectivity index (χ0) is 65.6. The van der Waals surface area contributed by atoms with Gasteiger partial charge in [-0.3, -0.25) is 29.2 Å². The molecule has 4 aliphatic rings. The highest BCUT2D eigenvalue weighted by atomic mass is 32.2. The van der Waals surface area contributed by atoms with E-state index in [-0.39, 0.29) is 90.1 Å². The lowest BCUT2D eigenvalue weighted by Gasteiger charge is -2.37. The van der Waals surface area contributed by atoms with Crippen molar-refractivity contribution in [3.63, 3.8) is 0 Å². The largest absolute Gasteiger partial charge is 0.480 e. The molecule has 6 atom stereocenters. The second kappa shape index (κ2) is 28.6. The number of carbonyl (C=O) groups excluding carboxylic acids is 4. The van der Waals surface area contributed by atoms with Crippen LogP contribution in [0.2, 0.25) is 25.7 Å². The van der Waals surface area contributed by atoms with Crippen LogP contribution in [0.1, 0.15) is 112 Å². The molecular formula is C58H74F8N10O10S2Si. The SMILES string of the molecule is C.CCOc1cnc(C(=O)Cc2ccc(F)c([C@@]3(C)N=C(N(COCC[Si](C)(C)C)C(=O)OC(C)(C)C)S[C@@]4(C(=O)O)C[C@H]43)c2)cn1.CCOc1cnc(C(=O)Cc2ccc(F)c([C@@]3(C)N=C(N)S[C@@]4(C(=O)NCC(F)(F)F)C[C@H]43)c2)cn1.NCC(F)(F)F. The number of carbonyl (C=O) groups is 5. The van der Waals surface area contributed by atoms with Crippen LogP contribution in [0.5, 0.6) is 11.8 Å². The van der Waals surface area contributed by atoms with Gasteiger partial charge in [-0.2, -0.15) is 26.3 Å². The Morgan fingerprint density at radius 1 is 0.742 bits per heavy atom. The third-order valence-electron chi connectivity index (χ3n) is 14.2. The lowest BCUT2D eigenvalue weighted by Crippen LogP contribution is -2.47. The Morgan fingerprint density at radius 3 is 1.63 bits per heavy atom. The molecule has 0 saturated heterocycles. The highest BCUT2D eigenvalue weighted by Gasteiger charge is 2.73. The van der Waals surface area contributed by atoms with Crippen LogP contribution in [0, 0.1) is 23.5 Å². The normalized spacial score (nSPS) is 22.5. The molecule has 0 bridgehead atoms. The quantitative estimate of drug-likeness (QED) is 0.0210. The average Bonchev–Trinajstić information content (AvgIpc) is 1.58. The first-order valence-electron chi connectivity index (χ1n) is 27.6. The summed E-state index contributed by atoms with van der Waals surface area (Å²) >= 11 is 1.85. The number of benzene rings is 2. The number of aliphatic carboxylic acids is 1. The number of hydrogen-bond donors (Lipinski definition) is 4. The Morgan fingerprint density at radius 2 is 1.21 bits per heavy atom. The maximum absolute atomic E-state index is 15.7. The summed E-state index contributed by atoms with van der Waals surface area (Å²) in [5, 5.41) is 12.3. The van der Waals surface area contributed by atoms with E-state index in [9.17, 15) is 55.4 Å². The van der Waals surface area contributed by atoms with E-state index in [1.807, 2.05) is 12.2 Å². The summed E-state index contributed by atoms with van der Waals surface area (Å²) in [7, 11) is -1.44. The number of thioether (sulfide) groups is 2. The molecule has 2 aliphatic heterocycles. The molecule has 2 aromatic carbocycles. The van der Waals surface area contributed by atoms with Crippen LogP contribution in [0.3, 0.4) is 0 Å².